The number of piperidine rings is 3. The number of hydrogen-bond donors (Lipinski definition) is 3. The second-order valence-corrected chi connectivity index (χ2v) is 10.8. The number of benzene rings is 2. The van der Waals surface area contributed by atoms with E-state index < -0.39 is 0 Å². The molecule has 9 heteroatoms. The maximum Gasteiger partial charge on any atom is 0.261 e. The molecule has 186 valence electrons. The number of fused-ring (bicyclic) bond motifs is 5. The van der Waals surface area contributed by atoms with Gasteiger partial charge in [0.1, 0.15) is 11.4 Å². The van der Waals surface area contributed by atoms with Crippen molar-refractivity contribution in [1.29, 1.82) is 0 Å². The van der Waals surface area contributed by atoms with Crippen LogP contribution in [0.2, 0.25) is 10.0 Å². The fraction of sp³-hybridized carbons (Fsp3) is 0.250. The summed E-state index contributed by atoms with van der Waals surface area (Å²) < 4.78 is 0. The monoisotopic (exact) mass is 530 g/mol. The summed E-state index contributed by atoms with van der Waals surface area (Å²) in [6, 6.07) is 15.5. The standard InChI is InChI=1S/C28H24Cl2N6O/c29-17-4-5-18(20(30)13-17)16-3-6-21-19(12-16)25(32-23-14-36-10-7-15(23)8-11-36)24(28(37)34-21)27-33-22-2-1-9-31-26(22)35-27/h1-6,9,12-13,15,23H,7-8,10-11,14H2,(H,31,33,35)(H2,32,34,37)/t23-/m0/s1. The highest BCUT2D eigenvalue weighted by Crippen LogP contribution is 2.38. The van der Waals surface area contributed by atoms with E-state index >= 15 is 0 Å². The number of hydrogen-bond acceptors (Lipinski definition) is 5. The summed E-state index contributed by atoms with van der Waals surface area (Å²) in [4.78, 5) is 31.5. The third-order valence-electron chi connectivity index (χ3n) is 7.74. The minimum atomic E-state index is -0.201. The van der Waals surface area contributed by atoms with Crippen LogP contribution in [0.15, 0.2) is 59.5 Å². The molecule has 0 radical (unpaired) electrons. The fourth-order valence-corrected chi connectivity index (χ4v) is 6.36. The highest BCUT2D eigenvalue weighted by molar-refractivity contribution is 6.36. The smallest absolute Gasteiger partial charge is 0.261 e. The molecule has 2 aromatic carbocycles. The lowest BCUT2D eigenvalue weighted by Gasteiger charge is -2.45. The van der Waals surface area contributed by atoms with E-state index in [-0.39, 0.29) is 11.6 Å². The number of nitrogens with zero attached hydrogens (tertiary/aromatic N) is 3. The Kier molecular flexibility index (Phi) is 5.46. The second-order valence-electron chi connectivity index (χ2n) is 9.94. The molecular weight excluding hydrogens is 507 g/mol. The van der Waals surface area contributed by atoms with Crippen molar-refractivity contribution < 1.29 is 0 Å². The highest BCUT2D eigenvalue weighted by atomic mass is 35.5. The van der Waals surface area contributed by atoms with Gasteiger partial charge in [0.05, 0.1) is 16.7 Å². The number of imidazole rings is 1. The molecule has 7 nitrogen and oxygen atoms in total. The zero-order chi connectivity index (χ0) is 25.1. The topological polar surface area (TPSA) is 89.7 Å². The molecule has 3 N–H and O–H groups in total. The van der Waals surface area contributed by atoms with E-state index in [1.807, 2.05) is 36.4 Å². The molecule has 0 saturated carbocycles. The molecule has 0 aliphatic carbocycles. The van der Waals surface area contributed by atoms with Crippen molar-refractivity contribution in [3.63, 3.8) is 0 Å². The molecule has 3 aliphatic rings. The second kappa shape index (κ2) is 8.87. The van der Waals surface area contributed by atoms with Gasteiger partial charge in [0, 0.05) is 39.8 Å². The first-order valence-electron chi connectivity index (χ1n) is 12.5. The van der Waals surface area contributed by atoms with Crippen molar-refractivity contribution in [2.24, 2.45) is 5.92 Å². The van der Waals surface area contributed by atoms with Gasteiger partial charge in [0.15, 0.2) is 5.65 Å². The summed E-state index contributed by atoms with van der Waals surface area (Å²) in [7, 11) is 0. The van der Waals surface area contributed by atoms with Gasteiger partial charge in [0.2, 0.25) is 0 Å². The highest BCUT2D eigenvalue weighted by Gasteiger charge is 2.35. The van der Waals surface area contributed by atoms with Crippen LogP contribution in [-0.2, 0) is 0 Å². The van der Waals surface area contributed by atoms with Gasteiger partial charge in [-0.25, -0.2) is 9.97 Å². The lowest BCUT2D eigenvalue weighted by Crippen LogP contribution is -2.53. The van der Waals surface area contributed by atoms with Gasteiger partial charge in [0.25, 0.3) is 5.56 Å². The molecule has 6 heterocycles. The summed E-state index contributed by atoms with van der Waals surface area (Å²) in [6.45, 7) is 3.24. The van der Waals surface area contributed by atoms with E-state index in [0.717, 1.165) is 65.7 Å². The van der Waals surface area contributed by atoms with Crippen LogP contribution in [0, 0.1) is 5.92 Å². The molecule has 5 aromatic rings. The third-order valence-corrected chi connectivity index (χ3v) is 8.28. The average molecular weight is 531 g/mol. The first-order valence-corrected chi connectivity index (χ1v) is 13.2. The van der Waals surface area contributed by atoms with Crippen molar-refractivity contribution in [2.45, 2.75) is 18.9 Å². The molecule has 0 amide bonds. The Morgan fingerprint density at radius 2 is 1.86 bits per heavy atom. The summed E-state index contributed by atoms with van der Waals surface area (Å²) in [6.07, 6.45) is 4.02. The summed E-state index contributed by atoms with van der Waals surface area (Å²) >= 11 is 12.7. The summed E-state index contributed by atoms with van der Waals surface area (Å²) in [5, 5.41) is 5.88. The Morgan fingerprint density at radius 3 is 2.62 bits per heavy atom. The van der Waals surface area contributed by atoms with Crippen LogP contribution in [0.25, 0.3) is 44.6 Å². The molecule has 3 aromatic heterocycles. The molecule has 0 spiro atoms. The number of halogens is 2. The van der Waals surface area contributed by atoms with Crippen molar-refractivity contribution >= 4 is 51.0 Å². The largest absolute Gasteiger partial charge is 0.379 e. The summed E-state index contributed by atoms with van der Waals surface area (Å²) in [5.74, 6) is 1.06. The molecule has 3 saturated heterocycles. The van der Waals surface area contributed by atoms with Gasteiger partial charge in [-0.2, -0.15) is 0 Å². The molecule has 8 rings (SSSR count). The van der Waals surface area contributed by atoms with Crippen LogP contribution in [-0.4, -0.2) is 50.5 Å². The maximum absolute atomic E-state index is 13.6. The van der Waals surface area contributed by atoms with E-state index in [1.165, 1.54) is 0 Å². The Bertz CT molecular complexity index is 1690. The van der Waals surface area contributed by atoms with Crippen LogP contribution >= 0.6 is 23.2 Å². The molecule has 0 unspecified atom stereocenters. The quantitative estimate of drug-likeness (QED) is 0.267. The number of H-pyrrole nitrogens is 2. The van der Waals surface area contributed by atoms with Gasteiger partial charge in [-0.15, -0.1) is 0 Å². The van der Waals surface area contributed by atoms with Crippen molar-refractivity contribution in [1.82, 2.24) is 24.8 Å². The third kappa shape index (κ3) is 3.98. The molecular formula is C28H24Cl2N6O. The Balaban J connectivity index is 1.45. The fourth-order valence-electron chi connectivity index (χ4n) is 5.84. The minimum Gasteiger partial charge on any atom is -0.379 e. The molecule has 37 heavy (non-hydrogen) atoms. The van der Waals surface area contributed by atoms with Gasteiger partial charge in [-0.3, -0.25) is 4.79 Å². The van der Waals surface area contributed by atoms with Gasteiger partial charge in [-0.1, -0.05) is 35.3 Å². The normalized spacial score (nSPS) is 21.1. The Labute approximate surface area is 222 Å². The summed E-state index contributed by atoms with van der Waals surface area (Å²) in [5.41, 5.74) is 5.00. The first kappa shape index (κ1) is 22.8. The Hall–Kier alpha value is -3.39. The average Bonchev–Trinajstić information content (AvgIpc) is 3.33. The van der Waals surface area contributed by atoms with Crippen molar-refractivity contribution in [2.75, 3.05) is 25.0 Å². The molecule has 1 atom stereocenters. The first-order chi connectivity index (χ1) is 18.0. The van der Waals surface area contributed by atoms with E-state index in [9.17, 15) is 4.79 Å². The lowest BCUT2D eigenvalue weighted by atomic mass is 9.83. The van der Waals surface area contributed by atoms with Gasteiger partial charge < -0.3 is 20.2 Å². The Morgan fingerprint density at radius 1 is 1.00 bits per heavy atom. The van der Waals surface area contributed by atoms with E-state index in [2.05, 4.69) is 36.2 Å². The molecule has 3 fully saturated rings. The van der Waals surface area contributed by atoms with Crippen LogP contribution < -0.4 is 10.9 Å². The molecule has 2 bridgehead atoms. The number of nitrogens with one attached hydrogen (secondary N) is 3. The van der Waals surface area contributed by atoms with Crippen molar-refractivity contribution in [3.8, 4) is 22.5 Å². The van der Waals surface area contributed by atoms with Crippen molar-refractivity contribution in [3.05, 3.63) is 75.1 Å². The van der Waals surface area contributed by atoms with E-state index in [1.54, 1.807) is 12.3 Å². The van der Waals surface area contributed by atoms with Gasteiger partial charge >= 0.3 is 0 Å². The van der Waals surface area contributed by atoms with E-state index in [4.69, 9.17) is 23.2 Å². The predicted molar refractivity (Wildman–Crippen MR) is 149 cm³/mol. The predicted octanol–water partition coefficient (Wildman–Crippen LogP) is 5.95. The number of rotatable bonds is 4. The number of anilines is 1. The zero-order valence-corrected chi connectivity index (χ0v) is 21.4. The zero-order valence-electron chi connectivity index (χ0n) is 19.9. The SMILES string of the molecule is O=c1[nH]c2ccc(-c3ccc(Cl)cc3Cl)cc2c(N[C@H]2CN3CCC2CC3)c1-c1nc2ncccc2[nH]1. The number of pyridine rings is 2. The lowest BCUT2D eigenvalue weighted by molar-refractivity contribution is 0.0976. The van der Waals surface area contributed by atoms with Crippen LogP contribution in [0.1, 0.15) is 12.8 Å². The van der Waals surface area contributed by atoms with E-state index in [0.29, 0.717) is 33.0 Å². The van der Waals surface area contributed by atoms with Crippen LogP contribution in [0.3, 0.4) is 0 Å². The maximum atomic E-state index is 13.6. The van der Waals surface area contributed by atoms with Crippen LogP contribution in [0.4, 0.5) is 5.69 Å². The van der Waals surface area contributed by atoms with Crippen LogP contribution in [0.5, 0.6) is 0 Å². The number of aromatic nitrogens is 4. The minimum absolute atomic E-state index is 0.201. The van der Waals surface area contributed by atoms with Gasteiger partial charge in [-0.05, 0) is 73.8 Å². The molecule has 3 aliphatic heterocycles. The number of aromatic amines is 2.